The summed E-state index contributed by atoms with van der Waals surface area (Å²) in [5, 5.41) is 12.5. The summed E-state index contributed by atoms with van der Waals surface area (Å²) in [6.07, 6.45) is 3.19. The van der Waals surface area contributed by atoms with Gasteiger partial charge in [-0.05, 0) is 45.6 Å². The van der Waals surface area contributed by atoms with Crippen LogP contribution >= 0.6 is 11.3 Å². The Morgan fingerprint density at radius 3 is 2.53 bits per heavy atom. The average molecular weight is 253 g/mol. The summed E-state index contributed by atoms with van der Waals surface area (Å²) >= 11 is 1.66. The maximum absolute atomic E-state index is 12.1. The maximum atomic E-state index is 12.1. The molecule has 94 valence electrons. The van der Waals surface area contributed by atoms with Crippen molar-refractivity contribution in [2.24, 2.45) is 0 Å². The number of aliphatic hydroxyl groups is 1. The summed E-state index contributed by atoms with van der Waals surface area (Å²) in [6, 6.07) is 2.18. The Bertz CT molecular complexity index is 406. The highest BCUT2D eigenvalue weighted by molar-refractivity contribution is 7.12. The lowest BCUT2D eigenvalue weighted by atomic mass is 9.93. The van der Waals surface area contributed by atoms with E-state index in [0.717, 1.165) is 36.1 Å². The zero-order valence-corrected chi connectivity index (χ0v) is 11.1. The van der Waals surface area contributed by atoms with Crippen molar-refractivity contribution in [1.29, 1.82) is 0 Å². The molecule has 1 aliphatic rings. The molecule has 0 aliphatic heterocycles. The van der Waals surface area contributed by atoms with Crippen molar-refractivity contribution in [3.63, 3.8) is 0 Å². The molecule has 1 aromatic heterocycles. The first-order valence-corrected chi connectivity index (χ1v) is 6.94. The Kier molecular flexibility index (Phi) is 3.84. The fourth-order valence-corrected chi connectivity index (χ4v) is 3.26. The van der Waals surface area contributed by atoms with E-state index in [1.807, 2.05) is 19.9 Å². The monoisotopic (exact) mass is 253 g/mol. The van der Waals surface area contributed by atoms with Gasteiger partial charge in [0.2, 0.25) is 0 Å². The number of thiophene rings is 1. The van der Waals surface area contributed by atoms with Crippen LogP contribution < -0.4 is 5.32 Å². The van der Waals surface area contributed by atoms with E-state index in [9.17, 15) is 9.90 Å². The molecule has 1 saturated carbocycles. The Morgan fingerprint density at radius 1 is 1.35 bits per heavy atom. The Morgan fingerprint density at radius 2 is 2.00 bits per heavy atom. The van der Waals surface area contributed by atoms with Gasteiger partial charge in [-0.2, -0.15) is 0 Å². The third-order valence-corrected chi connectivity index (χ3v) is 4.28. The van der Waals surface area contributed by atoms with E-state index in [1.165, 1.54) is 4.88 Å². The molecule has 1 amide bonds. The second kappa shape index (κ2) is 5.19. The van der Waals surface area contributed by atoms with E-state index in [-0.39, 0.29) is 18.1 Å². The molecule has 4 heteroatoms. The quantitative estimate of drug-likeness (QED) is 0.850. The van der Waals surface area contributed by atoms with Gasteiger partial charge in [0.1, 0.15) is 0 Å². The smallest absolute Gasteiger partial charge is 0.252 e. The summed E-state index contributed by atoms with van der Waals surface area (Å²) in [7, 11) is 0. The van der Waals surface area contributed by atoms with E-state index in [0.29, 0.717) is 0 Å². The van der Waals surface area contributed by atoms with Gasteiger partial charge in [0.25, 0.3) is 5.91 Å². The van der Waals surface area contributed by atoms with E-state index < -0.39 is 0 Å². The first kappa shape index (κ1) is 12.6. The minimum Gasteiger partial charge on any atom is -0.393 e. The molecule has 0 bridgehead atoms. The molecule has 0 spiro atoms. The van der Waals surface area contributed by atoms with Crippen molar-refractivity contribution < 1.29 is 9.90 Å². The minimum atomic E-state index is -0.173. The van der Waals surface area contributed by atoms with E-state index in [4.69, 9.17) is 0 Å². The number of carbonyl (C=O) groups is 1. The highest BCUT2D eigenvalue weighted by Crippen LogP contribution is 2.22. The van der Waals surface area contributed by atoms with Gasteiger partial charge in [-0.25, -0.2) is 0 Å². The number of rotatable bonds is 2. The molecule has 2 N–H and O–H groups in total. The molecule has 2 rings (SSSR count). The molecular formula is C13H19NO2S. The summed E-state index contributed by atoms with van der Waals surface area (Å²) < 4.78 is 0. The van der Waals surface area contributed by atoms with Crippen LogP contribution in [0.5, 0.6) is 0 Å². The number of nitrogens with one attached hydrogen (secondary N) is 1. The summed E-state index contributed by atoms with van der Waals surface area (Å²) in [5.74, 6) is 0.0354. The van der Waals surface area contributed by atoms with Crippen LogP contribution in [0.3, 0.4) is 0 Å². The van der Waals surface area contributed by atoms with Gasteiger partial charge in [0, 0.05) is 15.8 Å². The molecule has 17 heavy (non-hydrogen) atoms. The SMILES string of the molecule is Cc1cc(C(=O)NC2CCC(O)CC2)c(C)s1. The fourth-order valence-electron chi connectivity index (χ4n) is 2.34. The normalized spacial score (nSPS) is 24.6. The lowest BCUT2D eigenvalue weighted by Gasteiger charge is -2.26. The third kappa shape index (κ3) is 3.07. The molecule has 1 heterocycles. The van der Waals surface area contributed by atoms with E-state index in [1.54, 1.807) is 11.3 Å². The second-order valence-corrected chi connectivity index (χ2v) is 6.27. The van der Waals surface area contributed by atoms with Gasteiger partial charge >= 0.3 is 0 Å². The predicted octanol–water partition coefficient (Wildman–Crippen LogP) is 2.40. The molecule has 0 aromatic carbocycles. The van der Waals surface area contributed by atoms with Gasteiger partial charge in [-0.15, -0.1) is 11.3 Å². The molecule has 0 atom stereocenters. The van der Waals surface area contributed by atoms with Crippen LogP contribution in [-0.4, -0.2) is 23.2 Å². The van der Waals surface area contributed by atoms with Crippen molar-refractivity contribution in [1.82, 2.24) is 5.32 Å². The van der Waals surface area contributed by atoms with Crippen molar-refractivity contribution in [2.45, 2.75) is 51.7 Å². The summed E-state index contributed by atoms with van der Waals surface area (Å²) in [6.45, 7) is 4.00. The first-order valence-electron chi connectivity index (χ1n) is 6.12. The zero-order chi connectivity index (χ0) is 12.4. The standard InChI is InChI=1S/C13H19NO2S/c1-8-7-12(9(2)17-8)13(16)14-10-3-5-11(15)6-4-10/h7,10-11,15H,3-6H2,1-2H3,(H,14,16). The molecule has 0 unspecified atom stereocenters. The van der Waals surface area contributed by atoms with Gasteiger partial charge in [0.05, 0.1) is 11.7 Å². The maximum Gasteiger partial charge on any atom is 0.252 e. The minimum absolute atomic E-state index is 0.0354. The molecule has 1 aliphatic carbocycles. The summed E-state index contributed by atoms with van der Waals surface area (Å²) in [4.78, 5) is 14.3. The fraction of sp³-hybridized carbons (Fsp3) is 0.615. The van der Waals surface area contributed by atoms with Crippen LogP contribution in [-0.2, 0) is 0 Å². The van der Waals surface area contributed by atoms with Crippen LogP contribution in [0.2, 0.25) is 0 Å². The van der Waals surface area contributed by atoms with Crippen LogP contribution in [0.25, 0.3) is 0 Å². The van der Waals surface area contributed by atoms with Crippen LogP contribution in [0, 0.1) is 13.8 Å². The van der Waals surface area contributed by atoms with Gasteiger partial charge in [-0.3, -0.25) is 4.79 Å². The first-order chi connectivity index (χ1) is 8.06. The highest BCUT2D eigenvalue weighted by Gasteiger charge is 2.22. The van der Waals surface area contributed by atoms with Crippen molar-refractivity contribution >= 4 is 17.2 Å². The predicted molar refractivity (Wildman–Crippen MR) is 69.5 cm³/mol. The average Bonchev–Trinajstić information content (AvgIpc) is 2.61. The molecule has 0 saturated heterocycles. The third-order valence-electron chi connectivity index (χ3n) is 3.32. The van der Waals surface area contributed by atoms with Gasteiger partial charge in [-0.1, -0.05) is 0 Å². The van der Waals surface area contributed by atoms with Crippen LogP contribution in [0.1, 0.15) is 45.8 Å². The topological polar surface area (TPSA) is 49.3 Å². The Labute approximate surface area is 106 Å². The number of amides is 1. The van der Waals surface area contributed by atoms with Gasteiger partial charge < -0.3 is 10.4 Å². The lowest BCUT2D eigenvalue weighted by Crippen LogP contribution is -2.38. The van der Waals surface area contributed by atoms with Crippen LogP contribution in [0.15, 0.2) is 6.07 Å². The number of hydrogen-bond donors (Lipinski definition) is 2. The zero-order valence-electron chi connectivity index (χ0n) is 10.3. The number of carbonyl (C=O) groups excluding carboxylic acids is 1. The number of hydrogen-bond acceptors (Lipinski definition) is 3. The van der Waals surface area contributed by atoms with Gasteiger partial charge in [0.15, 0.2) is 0 Å². The molecule has 1 fully saturated rings. The molecule has 0 radical (unpaired) electrons. The van der Waals surface area contributed by atoms with Crippen molar-refractivity contribution in [3.8, 4) is 0 Å². The van der Waals surface area contributed by atoms with E-state index >= 15 is 0 Å². The second-order valence-electron chi connectivity index (χ2n) is 4.81. The molecular weight excluding hydrogens is 234 g/mol. The van der Waals surface area contributed by atoms with Crippen LogP contribution in [0.4, 0.5) is 0 Å². The molecule has 3 nitrogen and oxygen atoms in total. The van der Waals surface area contributed by atoms with E-state index in [2.05, 4.69) is 5.32 Å². The lowest BCUT2D eigenvalue weighted by molar-refractivity contribution is 0.0867. The van der Waals surface area contributed by atoms with Crippen molar-refractivity contribution in [3.05, 3.63) is 21.4 Å². The highest BCUT2D eigenvalue weighted by atomic mass is 32.1. The Hall–Kier alpha value is -0.870. The number of aryl methyl sites for hydroxylation is 2. The Balaban J connectivity index is 1.95. The van der Waals surface area contributed by atoms with Crippen molar-refractivity contribution in [2.75, 3.05) is 0 Å². The molecule has 1 aromatic rings. The largest absolute Gasteiger partial charge is 0.393 e. The number of aliphatic hydroxyl groups excluding tert-OH is 1. The summed E-state index contributed by atoms with van der Waals surface area (Å²) in [5.41, 5.74) is 0.804.